The quantitative estimate of drug-likeness (QED) is 0.808. The van der Waals surface area contributed by atoms with Crippen LogP contribution in [0.2, 0.25) is 0 Å². The van der Waals surface area contributed by atoms with Crippen LogP contribution in [-0.2, 0) is 0 Å². The third-order valence-corrected chi connectivity index (χ3v) is 3.31. The minimum Gasteiger partial charge on any atom is -0.472 e. The van der Waals surface area contributed by atoms with E-state index >= 15 is 0 Å². The van der Waals surface area contributed by atoms with Gasteiger partial charge in [-0.15, -0.1) is 0 Å². The first-order valence-corrected chi connectivity index (χ1v) is 5.30. The standard InChI is InChI=1S/C11H13FN2O/c12-10-4-8(13)5-14-11(10)15-9-2-6-1-7(6)3-9/h4-7,9H,1-3,13H2/t6-,7+,9?. The normalized spacial score (nSPS) is 32.5. The molecule has 2 saturated carbocycles. The summed E-state index contributed by atoms with van der Waals surface area (Å²) in [5, 5.41) is 0. The van der Waals surface area contributed by atoms with Gasteiger partial charge in [0.15, 0.2) is 5.82 Å². The first kappa shape index (κ1) is 8.95. The van der Waals surface area contributed by atoms with Crippen LogP contribution >= 0.6 is 0 Å². The zero-order chi connectivity index (χ0) is 10.4. The molecule has 0 amide bonds. The molecule has 0 saturated heterocycles. The minimum absolute atomic E-state index is 0.0931. The SMILES string of the molecule is Nc1cnc(OC2C[C@@H]3C[C@@H]3C2)c(F)c1. The number of fused-ring (bicyclic) bond motifs is 1. The van der Waals surface area contributed by atoms with Crippen molar-refractivity contribution in [3.63, 3.8) is 0 Å². The molecule has 0 spiro atoms. The maximum absolute atomic E-state index is 13.3. The molecule has 2 aliphatic carbocycles. The van der Waals surface area contributed by atoms with Gasteiger partial charge in [0.25, 0.3) is 5.88 Å². The Morgan fingerprint density at radius 3 is 2.73 bits per heavy atom. The van der Waals surface area contributed by atoms with E-state index < -0.39 is 5.82 Å². The Morgan fingerprint density at radius 1 is 1.33 bits per heavy atom. The van der Waals surface area contributed by atoms with E-state index in [1.54, 1.807) is 0 Å². The molecule has 3 nitrogen and oxygen atoms in total. The Labute approximate surface area is 87.4 Å². The van der Waals surface area contributed by atoms with Gasteiger partial charge in [-0.25, -0.2) is 9.37 Å². The summed E-state index contributed by atoms with van der Waals surface area (Å²) in [5.41, 5.74) is 5.73. The highest BCUT2D eigenvalue weighted by molar-refractivity contribution is 5.37. The third kappa shape index (κ3) is 1.64. The number of ether oxygens (including phenoxy) is 1. The maximum atomic E-state index is 13.3. The Balaban J connectivity index is 1.71. The highest BCUT2D eigenvalue weighted by Gasteiger charge is 2.47. The summed E-state index contributed by atoms with van der Waals surface area (Å²) in [6, 6.07) is 1.25. The molecular formula is C11H13FN2O. The highest BCUT2D eigenvalue weighted by Crippen LogP contribution is 2.52. The predicted octanol–water partition coefficient (Wildman–Crippen LogP) is 1.98. The number of pyridine rings is 1. The second-order valence-corrected chi connectivity index (χ2v) is 4.52. The first-order chi connectivity index (χ1) is 7.22. The molecule has 0 aromatic carbocycles. The number of nitrogen functional groups attached to an aromatic ring is 1. The monoisotopic (exact) mass is 208 g/mol. The topological polar surface area (TPSA) is 48.1 Å². The molecule has 0 aliphatic heterocycles. The molecule has 1 heterocycles. The minimum atomic E-state index is -0.462. The van der Waals surface area contributed by atoms with E-state index in [9.17, 15) is 4.39 Å². The summed E-state index contributed by atoms with van der Waals surface area (Å²) in [6.45, 7) is 0. The van der Waals surface area contributed by atoms with Crippen molar-refractivity contribution < 1.29 is 9.13 Å². The van der Waals surface area contributed by atoms with E-state index in [1.807, 2.05) is 0 Å². The van der Waals surface area contributed by atoms with Gasteiger partial charge in [-0.05, 0) is 31.1 Å². The fourth-order valence-corrected chi connectivity index (χ4v) is 2.44. The Morgan fingerprint density at radius 2 is 2.07 bits per heavy atom. The van der Waals surface area contributed by atoms with Crippen molar-refractivity contribution in [3.8, 4) is 5.88 Å². The van der Waals surface area contributed by atoms with Gasteiger partial charge in [-0.2, -0.15) is 0 Å². The summed E-state index contributed by atoms with van der Waals surface area (Å²) in [6.07, 6.45) is 5.01. The summed E-state index contributed by atoms with van der Waals surface area (Å²) in [4.78, 5) is 3.86. The lowest BCUT2D eigenvalue weighted by Gasteiger charge is -2.14. The first-order valence-electron chi connectivity index (χ1n) is 5.30. The van der Waals surface area contributed by atoms with Crippen LogP contribution in [0.25, 0.3) is 0 Å². The van der Waals surface area contributed by atoms with Gasteiger partial charge < -0.3 is 10.5 Å². The van der Waals surface area contributed by atoms with Crippen LogP contribution in [0.15, 0.2) is 12.3 Å². The van der Waals surface area contributed by atoms with Gasteiger partial charge in [0.1, 0.15) is 6.10 Å². The zero-order valence-electron chi connectivity index (χ0n) is 8.32. The van der Waals surface area contributed by atoms with E-state index in [0.29, 0.717) is 5.69 Å². The highest BCUT2D eigenvalue weighted by atomic mass is 19.1. The average molecular weight is 208 g/mol. The number of hydrogen-bond acceptors (Lipinski definition) is 3. The molecule has 80 valence electrons. The van der Waals surface area contributed by atoms with Crippen molar-refractivity contribution in [2.75, 3.05) is 5.73 Å². The average Bonchev–Trinajstić information content (AvgIpc) is 2.79. The number of hydrogen-bond donors (Lipinski definition) is 1. The van der Waals surface area contributed by atoms with E-state index in [0.717, 1.165) is 24.7 Å². The van der Waals surface area contributed by atoms with Crippen molar-refractivity contribution in [2.45, 2.75) is 25.4 Å². The number of nitrogens with two attached hydrogens (primary N) is 1. The zero-order valence-corrected chi connectivity index (χ0v) is 8.32. The predicted molar refractivity (Wildman–Crippen MR) is 53.9 cm³/mol. The van der Waals surface area contributed by atoms with Gasteiger partial charge in [0.05, 0.1) is 11.9 Å². The molecule has 3 atom stereocenters. The van der Waals surface area contributed by atoms with Crippen LogP contribution in [0, 0.1) is 17.7 Å². The summed E-state index contributed by atoms with van der Waals surface area (Å²) in [5.74, 6) is 1.28. The van der Waals surface area contributed by atoms with Crippen LogP contribution in [0.5, 0.6) is 5.88 Å². The molecule has 1 aromatic rings. The number of rotatable bonds is 2. The van der Waals surface area contributed by atoms with E-state index in [2.05, 4.69) is 4.98 Å². The summed E-state index contributed by atoms with van der Waals surface area (Å²) >= 11 is 0. The number of nitrogens with zero attached hydrogens (tertiary/aromatic N) is 1. The number of halogens is 1. The van der Waals surface area contributed by atoms with Crippen LogP contribution in [0.4, 0.5) is 10.1 Å². The molecular weight excluding hydrogens is 195 g/mol. The third-order valence-electron chi connectivity index (χ3n) is 3.31. The summed E-state index contributed by atoms with van der Waals surface area (Å²) < 4.78 is 18.9. The molecule has 1 aromatic heterocycles. The Kier molecular flexibility index (Phi) is 1.84. The fraction of sp³-hybridized carbons (Fsp3) is 0.545. The largest absolute Gasteiger partial charge is 0.472 e. The van der Waals surface area contributed by atoms with Crippen molar-refractivity contribution in [1.29, 1.82) is 0 Å². The molecule has 0 radical (unpaired) electrons. The van der Waals surface area contributed by atoms with Crippen LogP contribution in [0.3, 0.4) is 0 Å². The van der Waals surface area contributed by atoms with Crippen molar-refractivity contribution in [1.82, 2.24) is 4.98 Å². The van der Waals surface area contributed by atoms with Crippen LogP contribution in [-0.4, -0.2) is 11.1 Å². The Bertz CT molecular complexity index is 386. The smallest absolute Gasteiger partial charge is 0.250 e. The lowest BCUT2D eigenvalue weighted by molar-refractivity contribution is 0.178. The van der Waals surface area contributed by atoms with E-state index in [-0.39, 0.29) is 12.0 Å². The molecule has 4 heteroatoms. The van der Waals surface area contributed by atoms with E-state index in [4.69, 9.17) is 10.5 Å². The van der Waals surface area contributed by atoms with E-state index in [1.165, 1.54) is 18.7 Å². The molecule has 0 bridgehead atoms. The van der Waals surface area contributed by atoms with Gasteiger partial charge in [0, 0.05) is 6.07 Å². The van der Waals surface area contributed by atoms with Crippen LogP contribution < -0.4 is 10.5 Å². The van der Waals surface area contributed by atoms with Gasteiger partial charge in [-0.3, -0.25) is 0 Å². The molecule has 15 heavy (non-hydrogen) atoms. The van der Waals surface area contributed by atoms with Crippen molar-refractivity contribution in [2.24, 2.45) is 11.8 Å². The maximum Gasteiger partial charge on any atom is 0.250 e. The number of aromatic nitrogens is 1. The molecule has 1 unspecified atom stereocenters. The molecule has 3 rings (SSSR count). The Hall–Kier alpha value is -1.32. The second kappa shape index (κ2) is 3.08. The van der Waals surface area contributed by atoms with Crippen molar-refractivity contribution in [3.05, 3.63) is 18.1 Å². The number of anilines is 1. The lowest BCUT2D eigenvalue weighted by Crippen LogP contribution is -2.15. The van der Waals surface area contributed by atoms with Gasteiger partial charge >= 0.3 is 0 Å². The fourth-order valence-electron chi connectivity index (χ4n) is 2.44. The van der Waals surface area contributed by atoms with Gasteiger partial charge in [-0.1, -0.05) is 0 Å². The second-order valence-electron chi connectivity index (χ2n) is 4.52. The molecule has 2 fully saturated rings. The molecule has 2 aliphatic rings. The summed E-state index contributed by atoms with van der Waals surface area (Å²) in [7, 11) is 0. The lowest BCUT2D eigenvalue weighted by atomic mass is 10.2. The van der Waals surface area contributed by atoms with Crippen molar-refractivity contribution >= 4 is 5.69 Å². The van der Waals surface area contributed by atoms with Crippen LogP contribution in [0.1, 0.15) is 19.3 Å². The molecule has 2 N–H and O–H groups in total. The van der Waals surface area contributed by atoms with Gasteiger partial charge in [0.2, 0.25) is 0 Å².